The molecule has 0 saturated heterocycles. The first-order chi connectivity index (χ1) is 10.8. The maximum absolute atomic E-state index is 12.2. The largest absolute Gasteiger partial charge is 0.298 e. The van der Waals surface area contributed by atoms with Gasteiger partial charge in [0.1, 0.15) is 0 Å². The molecule has 0 aliphatic heterocycles. The molecule has 0 fully saturated rings. The van der Waals surface area contributed by atoms with Gasteiger partial charge in [0.15, 0.2) is 5.13 Å². The molecule has 0 bridgehead atoms. The van der Waals surface area contributed by atoms with Crippen LogP contribution in [0, 0.1) is 6.92 Å². The van der Waals surface area contributed by atoms with Crippen LogP contribution in [0.4, 0.5) is 5.13 Å². The van der Waals surface area contributed by atoms with Crippen molar-refractivity contribution in [3.63, 3.8) is 0 Å². The van der Waals surface area contributed by atoms with E-state index in [9.17, 15) is 13.2 Å². The Morgan fingerprint density at radius 2 is 1.87 bits per heavy atom. The maximum Gasteiger partial charge on any atom is 0.257 e. The normalized spacial score (nSPS) is 11.6. The molecule has 0 spiro atoms. The van der Waals surface area contributed by atoms with Gasteiger partial charge in [-0.05, 0) is 37.3 Å². The molecule has 0 radical (unpaired) electrons. The highest BCUT2D eigenvalue weighted by molar-refractivity contribution is 7.89. The van der Waals surface area contributed by atoms with Gasteiger partial charge in [-0.15, -0.1) is 0 Å². The van der Waals surface area contributed by atoms with Crippen LogP contribution in [-0.4, -0.2) is 19.3 Å². The second-order valence-electron chi connectivity index (χ2n) is 5.01. The quantitative estimate of drug-likeness (QED) is 0.760. The number of nitrogens with two attached hydrogens (primary N) is 1. The molecule has 3 N–H and O–H groups in total. The highest BCUT2D eigenvalue weighted by Crippen LogP contribution is 2.28. The van der Waals surface area contributed by atoms with E-state index in [1.54, 1.807) is 18.2 Å². The Morgan fingerprint density at radius 3 is 2.52 bits per heavy atom. The van der Waals surface area contributed by atoms with Gasteiger partial charge in [0.25, 0.3) is 5.91 Å². The zero-order chi connectivity index (χ0) is 16.6. The number of nitrogens with one attached hydrogen (secondary N) is 1. The third-order valence-corrected chi connectivity index (χ3v) is 5.07. The minimum Gasteiger partial charge on any atom is -0.298 e. The first kappa shape index (κ1) is 15.6. The number of primary sulfonamides is 1. The molecule has 1 amide bonds. The number of rotatable bonds is 3. The van der Waals surface area contributed by atoms with Crippen molar-refractivity contribution in [1.29, 1.82) is 0 Å². The molecule has 1 aromatic heterocycles. The summed E-state index contributed by atoms with van der Waals surface area (Å²) in [5.41, 5.74) is 2.19. The molecule has 0 atom stereocenters. The number of aromatic nitrogens is 1. The number of thiazole rings is 1. The number of hydrogen-bond acceptors (Lipinski definition) is 5. The SMILES string of the molecule is Cc1ccc(C(=O)Nc2nc3ccc(S(N)(=O)=O)cc3s2)cc1. The van der Waals surface area contributed by atoms with Crippen LogP contribution in [0.5, 0.6) is 0 Å². The van der Waals surface area contributed by atoms with Crippen LogP contribution in [0.2, 0.25) is 0 Å². The fourth-order valence-electron chi connectivity index (χ4n) is 2.01. The number of benzene rings is 2. The fourth-order valence-corrected chi connectivity index (χ4v) is 3.52. The molecule has 0 aliphatic carbocycles. The third kappa shape index (κ3) is 3.39. The van der Waals surface area contributed by atoms with Gasteiger partial charge in [-0.2, -0.15) is 0 Å². The van der Waals surface area contributed by atoms with Crippen LogP contribution < -0.4 is 10.5 Å². The molecule has 3 aromatic rings. The number of sulfonamides is 1. The molecular weight excluding hydrogens is 334 g/mol. The molecule has 6 nitrogen and oxygen atoms in total. The molecule has 118 valence electrons. The first-order valence-corrected chi connectivity index (χ1v) is 9.00. The summed E-state index contributed by atoms with van der Waals surface area (Å²) in [5, 5.41) is 8.22. The summed E-state index contributed by atoms with van der Waals surface area (Å²) in [5.74, 6) is -0.268. The van der Waals surface area contributed by atoms with Crippen molar-refractivity contribution in [2.24, 2.45) is 5.14 Å². The predicted molar refractivity (Wildman–Crippen MR) is 90.1 cm³/mol. The molecule has 0 unspecified atom stereocenters. The molecular formula is C15H13N3O3S2. The number of fused-ring (bicyclic) bond motifs is 1. The summed E-state index contributed by atoms with van der Waals surface area (Å²) in [7, 11) is -3.76. The van der Waals surface area contributed by atoms with Crippen LogP contribution in [-0.2, 0) is 10.0 Å². The Morgan fingerprint density at radius 1 is 1.17 bits per heavy atom. The Kier molecular flexibility index (Phi) is 3.88. The van der Waals surface area contributed by atoms with Crippen molar-refractivity contribution in [1.82, 2.24) is 4.98 Å². The summed E-state index contributed by atoms with van der Waals surface area (Å²) in [6.45, 7) is 1.94. The van der Waals surface area contributed by atoms with Crippen molar-refractivity contribution in [2.75, 3.05) is 5.32 Å². The number of carbonyl (C=O) groups excluding carboxylic acids is 1. The maximum atomic E-state index is 12.2. The predicted octanol–water partition coefficient (Wildman–Crippen LogP) is 2.50. The monoisotopic (exact) mass is 347 g/mol. The van der Waals surface area contributed by atoms with Crippen molar-refractivity contribution in [3.8, 4) is 0 Å². The van der Waals surface area contributed by atoms with E-state index < -0.39 is 10.0 Å². The Balaban J connectivity index is 1.89. The lowest BCUT2D eigenvalue weighted by Crippen LogP contribution is -2.11. The van der Waals surface area contributed by atoms with Gasteiger partial charge in [0, 0.05) is 5.56 Å². The van der Waals surface area contributed by atoms with Crippen molar-refractivity contribution in [3.05, 3.63) is 53.6 Å². The standard InChI is InChI=1S/C15H13N3O3S2/c1-9-2-4-10(5-3-9)14(19)18-15-17-12-7-6-11(23(16,20)21)8-13(12)22-15/h2-8H,1H3,(H2,16,20,21)(H,17,18,19). The van der Waals surface area contributed by atoms with Crippen LogP contribution in [0.25, 0.3) is 10.2 Å². The Bertz CT molecular complexity index is 992. The summed E-state index contributed by atoms with van der Waals surface area (Å²) in [6, 6.07) is 11.6. The molecule has 8 heteroatoms. The Hall–Kier alpha value is -2.29. The molecule has 1 heterocycles. The Labute approximate surface area is 137 Å². The van der Waals surface area contributed by atoms with Gasteiger partial charge in [-0.1, -0.05) is 29.0 Å². The van der Waals surface area contributed by atoms with Gasteiger partial charge < -0.3 is 0 Å². The van der Waals surface area contributed by atoms with E-state index in [1.807, 2.05) is 19.1 Å². The van der Waals surface area contributed by atoms with E-state index in [1.165, 1.54) is 23.5 Å². The number of aryl methyl sites for hydroxylation is 1. The molecule has 23 heavy (non-hydrogen) atoms. The lowest BCUT2D eigenvalue weighted by atomic mass is 10.1. The van der Waals surface area contributed by atoms with E-state index in [-0.39, 0.29) is 10.8 Å². The average Bonchev–Trinajstić information content (AvgIpc) is 2.88. The summed E-state index contributed by atoms with van der Waals surface area (Å²) < 4.78 is 23.4. The number of anilines is 1. The van der Waals surface area contributed by atoms with Crippen LogP contribution in [0.3, 0.4) is 0 Å². The number of hydrogen-bond donors (Lipinski definition) is 2. The smallest absolute Gasteiger partial charge is 0.257 e. The molecule has 2 aromatic carbocycles. The van der Waals surface area contributed by atoms with E-state index in [4.69, 9.17) is 5.14 Å². The minimum absolute atomic E-state index is 0.0186. The van der Waals surface area contributed by atoms with Gasteiger partial charge in [-0.3, -0.25) is 10.1 Å². The average molecular weight is 347 g/mol. The zero-order valence-corrected chi connectivity index (χ0v) is 13.7. The van der Waals surface area contributed by atoms with E-state index in [0.29, 0.717) is 20.9 Å². The van der Waals surface area contributed by atoms with Crippen molar-refractivity contribution >= 4 is 42.6 Å². The van der Waals surface area contributed by atoms with E-state index in [0.717, 1.165) is 5.56 Å². The van der Waals surface area contributed by atoms with E-state index >= 15 is 0 Å². The van der Waals surface area contributed by atoms with Crippen LogP contribution in [0.1, 0.15) is 15.9 Å². The second-order valence-corrected chi connectivity index (χ2v) is 7.61. The lowest BCUT2D eigenvalue weighted by Gasteiger charge is -2.01. The number of amides is 1. The lowest BCUT2D eigenvalue weighted by molar-refractivity contribution is 0.102. The van der Waals surface area contributed by atoms with E-state index in [2.05, 4.69) is 10.3 Å². The molecule has 3 rings (SSSR count). The highest BCUT2D eigenvalue weighted by atomic mass is 32.2. The fraction of sp³-hybridized carbons (Fsp3) is 0.0667. The molecule has 0 aliphatic rings. The number of nitrogens with zero attached hydrogens (tertiary/aromatic N) is 1. The van der Waals surface area contributed by atoms with Crippen molar-refractivity contribution < 1.29 is 13.2 Å². The topological polar surface area (TPSA) is 102 Å². The summed E-state index contributed by atoms with van der Waals surface area (Å²) in [6.07, 6.45) is 0. The van der Waals surface area contributed by atoms with Crippen LogP contribution >= 0.6 is 11.3 Å². The minimum atomic E-state index is -3.76. The summed E-state index contributed by atoms with van der Waals surface area (Å²) in [4.78, 5) is 16.5. The van der Waals surface area contributed by atoms with Crippen LogP contribution in [0.15, 0.2) is 47.4 Å². The number of carbonyl (C=O) groups is 1. The zero-order valence-electron chi connectivity index (χ0n) is 12.1. The van der Waals surface area contributed by atoms with Crippen molar-refractivity contribution in [2.45, 2.75) is 11.8 Å². The first-order valence-electron chi connectivity index (χ1n) is 6.64. The van der Waals surface area contributed by atoms with Gasteiger partial charge in [0.05, 0.1) is 15.1 Å². The highest BCUT2D eigenvalue weighted by Gasteiger charge is 2.13. The van der Waals surface area contributed by atoms with Gasteiger partial charge >= 0.3 is 0 Å². The molecule has 0 saturated carbocycles. The second kappa shape index (κ2) is 5.73. The third-order valence-electron chi connectivity index (χ3n) is 3.22. The van der Waals surface area contributed by atoms with Gasteiger partial charge in [-0.25, -0.2) is 18.5 Å². The summed E-state index contributed by atoms with van der Waals surface area (Å²) >= 11 is 1.19. The van der Waals surface area contributed by atoms with Gasteiger partial charge in [0.2, 0.25) is 10.0 Å².